The third-order valence-electron chi connectivity index (χ3n) is 2.13. The molecule has 1 aromatic rings. The van der Waals surface area contributed by atoms with E-state index in [9.17, 15) is 5.26 Å². The van der Waals surface area contributed by atoms with Gasteiger partial charge in [0, 0.05) is 0 Å². The van der Waals surface area contributed by atoms with Crippen molar-refractivity contribution in [3.63, 3.8) is 0 Å². The molecule has 17 heavy (non-hydrogen) atoms. The van der Waals surface area contributed by atoms with Gasteiger partial charge in [0.15, 0.2) is 13.9 Å². The zero-order chi connectivity index (χ0) is 12.9. The topological polar surface area (TPSA) is 33.0 Å². The minimum absolute atomic E-state index is 0.833. The first kappa shape index (κ1) is 13.7. The number of nitriles is 1. The van der Waals surface area contributed by atoms with Crippen molar-refractivity contribution in [2.45, 2.75) is 32.2 Å². The molecule has 1 aromatic carbocycles. The molecule has 0 amide bonds. The maximum Gasteiger partial charge on any atom is 0.186 e. The van der Waals surface area contributed by atoms with Gasteiger partial charge in [-0.1, -0.05) is 36.4 Å². The van der Waals surface area contributed by atoms with Crippen LogP contribution in [0.3, 0.4) is 0 Å². The Morgan fingerprint density at radius 3 is 2.29 bits per heavy atom. The summed E-state index contributed by atoms with van der Waals surface area (Å²) < 4.78 is 5.89. The average molecular weight is 245 g/mol. The third kappa shape index (κ3) is 4.99. The van der Waals surface area contributed by atoms with Crippen LogP contribution < -0.4 is 0 Å². The van der Waals surface area contributed by atoms with E-state index in [-0.39, 0.29) is 0 Å². The van der Waals surface area contributed by atoms with Crippen LogP contribution in [0.15, 0.2) is 36.4 Å². The van der Waals surface area contributed by atoms with Crippen LogP contribution in [0.2, 0.25) is 19.6 Å². The fraction of sp³-hybridized carbons (Fsp3) is 0.357. The fourth-order valence-corrected chi connectivity index (χ4v) is 2.94. The molecule has 2 nitrogen and oxygen atoms in total. The molecule has 1 rings (SSSR count). The molecular weight excluding hydrogens is 226 g/mol. The van der Waals surface area contributed by atoms with Gasteiger partial charge in [-0.05, 0) is 38.2 Å². The molecule has 0 aliphatic rings. The van der Waals surface area contributed by atoms with E-state index in [0.29, 0.717) is 0 Å². The molecule has 0 fully saturated rings. The van der Waals surface area contributed by atoms with E-state index < -0.39 is 13.9 Å². The highest BCUT2D eigenvalue weighted by molar-refractivity contribution is 6.69. The third-order valence-corrected chi connectivity index (χ3v) is 3.17. The highest BCUT2D eigenvalue weighted by atomic mass is 28.4. The van der Waals surface area contributed by atoms with E-state index in [4.69, 9.17) is 4.43 Å². The Labute approximate surface area is 105 Å². The lowest BCUT2D eigenvalue weighted by atomic mass is 10.1. The Balaban J connectivity index is 2.84. The predicted molar refractivity (Wildman–Crippen MR) is 73.9 cm³/mol. The number of hydrogen-bond donors (Lipinski definition) is 0. The summed E-state index contributed by atoms with van der Waals surface area (Å²) in [5.41, 5.74) is 0.244. The Morgan fingerprint density at radius 1 is 1.24 bits per heavy atom. The molecule has 1 atom stereocenters. The summed E-state index contributed by atoms with van der Waals surface area (Å²) >= 11 is 0. The molecule has 0 saturated heterocycles. The van der Waals surface area contributed by atoms with Crippen molar-refractivity contribution in [2.24, 2.45) is 0 Å². The molecule has 0 heterocycles. The molecule has 0 aliphatic heterocycles. The van der Waals surface area contributed by atoms with Gasteiger partial charge in [-0.15, -0.1) is 0 Å². The van der Waals surface area contributed by atoms with Crippen LogP contribution in [0.4, 0.5) is 0 Å². The van der Waals surface area contributed by atoms with Crippen LogP contribution in [0, 0.1) is 11.3 Å². The molecule has 0 aliphatic carbocycles. The molecule has 0 radical (unpaired) electrons. The van der Waals surface area contributed by atoms with Crippen molar-refractivity contribution in [3.05, 3.63) is 42.0 Å². The maximum atomic E-state index is 9.22. The Morgan fingerprint density at radius 2 is 1.82 bits per heavy atom. The summed E-state index contributed by atoms with van der Waals surface area (Å²) in [5, 5.41) is 9.22. The van der Waals surface area contributed by atoms with Gasteiger partial charge in [0.1, 0.15) is 6.07 Å². The summed E-state index contributed by atoms with van der Waals surface area (Å²) in [6, 6.07) is 12.2. The fourth-order valence-electron chi connectivity index (χ4n) is 1.55. The van der Waals surface area contributed by atoms with Gasteiger partial charge >= 0.3 is 0 Å². The highest BCUT2D eigenvalue weighted by Crippen LogP contribution is 2.19. The smallest absolute Gasteiger partial charge is 0.186 e. The van der Waals surface area contributed by atoms with E-state index >= 15 is 0 Å². The SMILES string of the molecule is C[C@@](C#N)(/C=C/c1ccccc1)O[Si](C)(C)C. The second-order valence-corrected chi connectivity index (χ2v) is 9.61. The van der Waals surface area contributed by atoms with Gasteiger partial charge in [-0.2, -0.15) is 5.26 Å². The van der Waals surface area contributed by atoms with Crippen LogP contribution in [0.25, 0.3) is 6.08 Å². The average Bonchev–Trinajstić information content (AvgIpc) is 2.26. The van der Waals surface area contributed by atoms with Crippen LogP contribution in [-0.2, 0) is 4.43 Å². The maximum absolute atomic E-state index is 9.22. The van der Waals surface area contributed by atoms with Crippen molar-refractivity contribution in [1.82, 2.24) is 0 Å². The van der Waals surface area contributed by atoms with Gasteiger partial charge < -0.3 is 4.43 Å². The van der Waals surface area contributed by atoms with Gasteiger partial charge in [0.25, 0.3) is 0 Å². The minimum atomic E-state index is -1.73. The second kappa shape index (κ2) is 5.31. The number of rotatable bonds is 4. The van der Waals surface area contributed by atoms with Crippen LogP contribution in [0.5, 0.6) is 0 Å². The molecule has 0 N–H and O–H groups in total. The number of benzene rings is 1. The van der Waals surface area contributed by atoms with Crippen LogP contribution >= 0.6 is 0 Å². The van der Waals surface area contributed by atoms with Gasteiger partial charge in [-0.25, -0.2) is 0 Å². The van der Waals surface area contributed by atoms with E-state index in [2.05, 4.69) is 25.7 Å². The first-order valence-electron chi connectivity index (χ1n) is 5.70. The molecule has 3 heteroatoms. The van der Waals surface area contributed by atoms with E-state index in [1.165, 1.54) is 0 Å². The molecule has 0 bridgehead atoms. The predicted octanol–water partition coefficient (Wildman–Crippen LogP) is 3.83. The summed E-state index contributed by atoms with van der Waals surface area (Å²) in [6.07, 6.45) is 3.77. The molecule has 0 saturated carbocycles. The molecule has 0 aromatic heterocycles. The molecule has 0 unspecified atom stereocenters. The van der Waals surface area contributed by atoms with E-state index in [0.717, 1.165) is 5.56 Å². The lowest BCUT2D eigenvalue weighted by Crippen LogP contribution is -2.38. The van der Waals surface area contributed by atoms with Gasteiger partial charge in [-0.3, -0.25) is 0 Å². The summed E-state index contributed by atoms with van der Waals surface area (Å²) in [5.74, 6) is 0. The van der Waals surface area contributed by atoms with Crippen molar-refractivity contribution < 1.29 is 4.43 Å². The van der Waals surface area contributed by atoms with Crippen LogP contribution in [0.1, 0.15) is 12.5 Å². The second-order valence-electron chi connectivity index (χ2n) is 5.18. The Bertz CT molecular complexity index is 428. The van der Waals surface area contributed by atoms with Crippen molar-refractivity contribution >= 4 is 14.4 Å². The van der Waals surface area contributed by atoms with E-state index in [1.807, 2.05) is 49.4 Å². The molecule has 90 valence electrons. The number of hydrogen-bond acceptors (Lipinski definition) is 2. The highest BCUT2D eigenvalue weighted by Gasteiger charge is 2.28. The molecular formula is C14H19NOSi. The van der Waals surface area contributed by atoms with Gasteiger partial charge in [0.05, 0.1) is 0 Å². The van der Waals surface area contributed by atoms with Crippen molar-refractivity contribution in [3.8, 4) is 6.07 Å². The lowest BCUT2D eigenvalue weighted by molar-refractivity contribution is 0.193. The first-order chi connectivity index (χ1) is 7.85. The van der Waals surface area contributed by atoms with E-state index in [1.54, 1.807) is 0 Å². The normalized spacial score (nSPS) is 15.5. The monoisotopic (exact) mass is 245 g/mol. The zero-order valence-electron chi connectivity index (χ0n) is 10.9. The number of nitrogens with zero attached hydrogens (tertiary/aromatic N) is 1. The minimum Gasteiger partial charge on any atom is -0.397 e. The van der Waals surface area contributed by atoms with Crippen molar-refractivity contribution in [1.29, 1.82) is 5.26 Å². The largest absolute Gasteiger partial charge is 0.397 e. The summed E-state index contributed by atoms with van der Waals surface area (Å²) in [6.45, 7) is 8.06. The lowest BCUT2D eigenvalue weighted by Gasteiger charge is -2.27. The first-order valence-corrected chi connectivity index (χ1v) is 9.11. The molecule has 0 spiro atoms. The zero-order valence-corrected chi connectivity index (χ0v) is 11.9. The standard InChI is InChI=1S/C14H19NOSi/c1-14(12-15,16-17(2,3)4)11-10-13-8-6-5-7-9-13/h5-11H,1-4H3/b11-10+/t14-/m0/s1. The van der Waals surface area contributed by atoms with Crippen LogP contribution in [-0.4, -0.2) is 13.9 Å². The Kier molecular flexibility index (Phi) is 4.27. The summed E-state index contributed by atoms with van der Waals surface area (Å²) in [4.78, 5) is 0. The van der Waals surface area contributed by atoms with Gasteiger partial charge in [0.2, 0.25) is 0 Å². The Hall–Kier alpha value is -1.37. The summed E-state index contributed by atoms with van der Waals surface area (Å²) in [7, 11) is -1.73. The van der Waals surface area contributed by atoms with Crippen molar-refractivity contribution in [2.75, 3.05) is 0 Å². The quantitative estimate of drug-likeness (QED) is 0.755.